The lowest BCUT2D eigenvalue weighted by atomic mass is 9.77. The zero-order valence-electron chi connectivity index (χ0n) is 16.0. The van der Waals surface area contributed by atoms with Crippen molar-refractivity contribution >= 4 is 6.21 Å². The van der Waals surface area contributed by atoms with Crippen molar-refractivity contribution in [2.24, 2.45) is 16.8 Å². The monoisotopic (exact) mass is 353 g/mol. The summed E-state index contributed by atoms with van der Waals surface area (Å²) in [4.78, 5) is 4.31. The molecule has 1 nitrogen and oxygen atoms in total. The van der Waals surface area contributed by atoms with Crippen LogP contribution in [0.3, 0.4) is 0 Å². The Kier molecular flexibility index (Phi) is 5.48. The third-order valence-corrected chi connectivity index (χ3v) is 5.77. The van der Waals surface area contributed by atoms with Crippen LogP contribution in [0.5, 0.6) is 0 Å². The summed E-state index contributed by atoms with van der Waals surface area (Å²) >= 11 is 0. The molecule has 0 spiro atoms. The summed E-state index contributed by atoms with van der Waals surface area (Å²) in [6.45, 7) is 2.28. The Morgan fingerprint density at radius 2 is 1.74 bits per heavy atom. The highest BCUT2D eigenvalue weighted by molar-refractivity contribution is 5.64. The Bertz CT molecular complexity index is 868. The first kappa shape index (κ1) is 17.7. The van der Waals surface area contributed by atoms with Gasteiger partial charge in [0.1, 0.15) is 0 Å². The zero-order valence-corrected chi connectivity index (χ0v) is 16.0. The number of hydrogen-bond donors (Lipinski definition) is 0. The third-order valence-electron chi connectivity index (χ3n) is 5.77. The minimum absolute atomic E-state index is 0.440. The molecule has 1 heteroatoms. The normalized spacial score (nSPS) is 22.5. The summed E-state index contributed by atoms with van der Waals surface area (Å²) < 4.78 is 0. The van der Waals surface area contributed by atoms with Gasteiger partial charge in [-0.15, -0.1) is 0 Å². The third kappa shape index (κ3) is 4.19. The van der Waals surface area contributed by atoms with Gasteiger partial charge in [-0.25, -0.2) is 0 Å². The Balaban J connectivity index is 1.62. The summed E-state index contributed by atoms with van der Waals surface area (Å²) in [6.07, 6.45) is 16.9. The second-order valence-corrected chi connectivity index (χ2v) is 7.62. The van der Waals surface area contributed by atoms with Crippen LogP contribution < -0.4 is 0 Å². The first-order valence-electron chi connectivity index (χ1n) is 10.0. The van der Waals surface area contributed by atoms with Gasteiger partial charge in [-0.1, -0.05) is 85.8 Å². The Labute approximate surface area is 162 Å². The van der Waals surface area contributed by atoms with E-state index in [0.29, 0.717) is 17.8 Å². The van der Waals surface area contributed by atoms with Crippen LogP contribution in [0.4, 0.5) is 0 Å². The molecular weight excluding hydrogens is 326 g/mol. The molecule has 0 radical (unpaired) electrons. The molecule has 0 fully saturated rings. The van der Waals surface area contributed by atoms with Crippen molar-refractivity contribution in [1.29, 1.82) is 0 Å². The van der Waals surface area contributed by atoms with Crippen molar-refractivity contribution in [3.05, 3.63) is 96.2 Å². The van der Waals surface area contributed by atoms with Crippen LogP contribution in [0.15, 0.2) is 95.7 Å². The van der Waals surface area contributed by atoms with Crippen molar-refractivity contribution in [2.75, 3.05) is 0 Å². The highest BCUT2D eigenvalue weighted by Gasteiger charge is 2.24. The van der Waals surface area contributed by atoms with Crippen LogP contribution in [-0.4, -0.2) is 6.21 Å². The van der Waals surface area contributed by atoms with Crippen LogP contribution in [0.25, 0.3) is 11.1 Å². The molecule has 0 N–H and O–H groups in total. The lowest BCUT2D eigenvalue weighted by Gasteiger charge is -2.28. The van der Waals surface area contributed by atoms with Gasteiger partial charge in [-0.2, -0.15) is 0 Å². The number of hydrogen-bond acceptors (Lipinski definition) is 1. The highest BCUT2D eigenvalue weighted by atomic mass is 14.7. The molecule has 2 aliphatic rings. The molecule has 3 unspecified atom stereocenters. The number of nitrogens with zero attached hydrogens (tertiary/aromatic N) is 1. The summed E-state index contributed by atoms with van der Waals surface area (Å²) in [5.41, 5.74) is 5.44. The standard InChI is InChI=1S/C26H27N/c1-20-19-27-17-16-25(20)18-26(23-10-6-3-7-11-23)24-14-12-22(13-15-24)21-8-4-2-5-9-21/h2,4-6,8-17,19-20,25-26H,3,7,18H2,1H3. The van der Waals surface area contributed by atoms with Crippen LogP contribution in [0.1, 0.15) is 37.7 Å². The van der Waals surface area contributed by atoms with Crippen molar-refractivity contribution in [1.82, 2.24) is 0 Å². The summed E-state index contributed by atoms with van der Waals surface area (Å²) in [6, 6.07) is 19.8. The van der Waals surface area contributed by atoms with Crippen LogP contribution in [0, 0.1) is 11.8 Å². The number of allylic oxidation sites excluding steroid dienone is 5. The number of benzene rings is 2. The quantitative estimate of drug-likeness (QED) is 0.551. The van der Waals surface area contributed by atoms with Crippen molar-refractivity contribution in [3.8, 4) is 11.1 Å². The lowest BCUT2D eigenvalue weighted by Crippen LogP contribution is -2.17. The molecule has 2 aromatic carbocycles. The fraction of sp³-hybridized carbons (Fsp3) is 0.269. The van der Waals surface area contributed by atoms with E-state index in [1.165, 1.54) is 22.3 Å². The molecule has 0 amide bonds. The minimum atomic E-state index is 0.440. The van der Waals surface area contributed by atoms with Gasteiger partial charge in [0.2, 0.25) is 0 Å². The summed E-state index contributed by atoms with van der Waals surface area (Å²) in [7, 11) is 0. The largest absolute Gasteiger partial charge is 0.269 e. The minimum Gasteiger partial charge on any atom is -0.269 e. The van der Waals surface area contributed by atoms with Gasteiger partial charge in [0.15, 0.2) is 0 Å². The molecule has 3 atom stereocenters. The number of rotatable bonds is 5. The fourth-order valence-electron chi connectivity index (χ4n) is 4.09. The van der Waals surface area contributed by atoms with Crippen molar-refractivity contribution in [2.45, 2.75) is 32.1 Å². The first-order valence-corrected chi connectivity index (χ1v) is 10.0. The topological polar surface area (TPSA) is 12.4 Å². The SMILES string of the molecule is CC1C=NC=CC1CC(C1=CCCC=C1)c1ccc(-c2ccccc2)cc1. The molecule has 0 bridgehead atoms. The highest BCUT2D eigenvalue weighted by Crippen LogP contribution is 2.37. The lowest BCUT2D eigenvalue weighted by molar-refractivity contribution is 0.471. The summed E-state index contributed by atoms with van der Waals surface area (Å²) in [5, 5.41) is 0. The van der Waals surface area contributed by atoms with Gasteiger partial charge in [-0.05, 0) is 53.4 Å². The average Bonchev–Trinajstić information content (AvgIpc) is 2.75. The van der Waals surface area contributed by atoms with Crippen LogP contribution >= 0.6 is 0 Å². The smallest absolute Gasteiger partial charge is 0.0227 e. The molecular formula is C26H27N. The second kappa shape index (κ2) is 8.35. The van der Waals surface area contributed by atoms with Gasteiger partial charge >= 0.3 is 0 Å². The van der Waals surface area contributed by atoms with E-state index in [2.05, 4.69) is 97.0 Å². The first-order chi connectivity index (χ1) is 13.3. The Hall–Kier alpha value is -2.67. The molecule has 27 heavy (non-hydrogen) atoms. The van der Waals surface area contributed by atoms with E-state index in [1.54, 1.807) is 0 Å². The molecule has 1 aliphatic heterocycles. The van der Waals surface area contributed by atoms with E-state index in [9.17, 15) is 0 Å². The fourth-order valence-corrected chi connectivity index (χ4v) is 4.09. The average molecular weight is 354 g/mol. The molecule has 0 aromatic heterocycles. The van der Waals surface area contributed by atoms with Gasteiger partial charge in [0, 0.05) is 18.3 Å². The van der Waals surface area contributed by atoms with E-state index in [-0.39, 0.29) is 0 Å². The Morgan fingerprint density at radius 1 is 0.963 bits per heavy atom. The van der Waals surface area contributed by atoms with Gasteiger partial charge < -0.3 is 0 Å². The maximum atomic E-state index is 4.31. The zero-order chi connectivity index (χ0) is 18.5. The van der Waals surface area contributed by atoms with E-state index < -0.39 is 0 Å². The van der Waals surface area contributed by atoms with Gasteiger partial charge in [-0.3, -0.25) is 4.99 Å². The number of aliphatic imine (C=N–C) groups is 1. The van der Waals surface area contributed by atoms with E-state index >= 15 is 0 Å². The second-order valence-electron chi connectivity index (χ2n) is 7.62. The molecule has 136 valence electrons. The van der Waals surface area contributed by atoms with Gasteiger partial charge in [0.25, 0.3) is 0 Å². The molecule has 2 aromatic rings. The molecule has 1 aliphatic carbocycles. The van der Waals surface area contributed by atoms with Crippen molar-refractivity contribution < 1.29 is 0 Å². The predicted octanol–water partition coefficient (Wildman–Crippen LogP) is 6.95. The maximum absolute atomic E-state index is 4.31. The van der Waals surface area contributed by atoms with E-state index in [4.69, 9.17) is 0 Å². The van der Waals surface area contributed by atoms with Gasteiger partial charge in [0.05, 0.1) is 0 Å². The molecule has 0 saturated heterocycles. The molecule has 0 saturated carbocycles. The molecule has 4 rings (SSSR count). The predicted molar refractivity (Wildman–Crippen MR) is 116 cm³/mol. The van der Waals surface area contributed by atoms with E-state index in [1.807, 2.05) is 6.20 Å². The molecule has 1 heterocycles. The van der Waals surface area contributed by atoms with Crippen molar-refractivity contribution in [3.63, 3.8) is 0 Å². The van der Waals surface area contributed by atoms with Crippen LogP contribution in [-0.2, 0) is 0 Å². The maximum Gasteiger partial charge on any atom is 0.0227 e. The summed E-state index contributed by atoms with van der Waals surface area (Å²) in [5.74, 6) is 1.47. The van der Waals surface area contributed by atoms with E-state index in [0.717, 1.165) is 19.3 Å². The Morgan fingerprint density at radius 3 is 2.44 bits per heavy atom. The van der Waals surface area contributed by atoms with Crippen LogP contribution in [0.2, 0.25) is 0 Å².